The predicted molar refractivity (Wildman–Crippen MR) is 63.9 cm³/mol. The van der Waals surface area contributed by atoms with E-state index in [2.05, 4.69) is 15.5 Å². The van der Waals surface area contributed by atoms with Crippen LogP contribution in [0.1, 0.15) is 19.2 Å². The maximum absolute atomic E-state index is 12.8. The van der Waals surface area contributed by atoms with Crippen molar-refractivity contribution in [3.8, 4) is 5.75 Å². The fourth-order valence-electron chi connectivity index (χ4n) is 1.45. The third-order valence-corrected chi connectivity index (χ3v) is 2.59. The summed E-state index contributed by atoms with van der Waals surface area (Å²) in [6.45, 7) is 2.95. The van der Waals surface area contributed by atoms with Gasteiger partial charge in [-0.3, -0.25) is 0 Å². The number of benzene rings is 1. The number of nitrogens with zero attached hydrogens (tertiary/aromatic N) is 4. The zero-order valence-corrected chi connectivity index (χ0v) is 10.6. The molecule has 0 bridgehead atoms. The number of tetrazole rings is 1. The van der Waals surface area contributed by atoms with E-state index in [9.17, 15) is 4.39 Å². The van der Waals surface area contributed by atoms with Gasteiger partial charge < -0.3 is 4.74 Å². The Morgan fingerprint density at radius 3 is 3.00 bits per heavy atom. The third kappa shape index (κ3) is 2.95. The molecule has 0 unspecified atom stereocenters. The minimum Gasteiger partial charge on any atom is -0.484 e. The Hall–Kier alpha value is -1.69. The Morgan fingerprint density at radius 2 is 2.28 bits per heavy atom. The van der Waals surface area contributed by atoms with Crippen molar-refractivity contribution in [1.29, 1.82) is 0 Å². The maximum Gasteiger partial charge on any atom is 0.189 e. The summed E-state index contributed by atoms with van der Waals surface area (Å²) >= 11 is 5.85. The second-order valence-corrected chi connectivity index (χ2v) is 4.09. The van der Waals surface area contributed by atoms with Crippen LogP contribution in [0, 0.1) is 5.82 Å². The smallest absolute Gasteiger partial charge is 0.189 e. The van der Waals surface area contributed by atoms with E-state index >= 15 is 0 Å². The Morgan fingerprint density at radius 1 is 1.44 bits per heavy atom. The predicted octanol–water partition coefficient (Wildman–Crippen LogP) is 2.45. The molecule has 1 aromatic carbocycles. The molecule has 18 heavy (non-hydrogen) atoms. The zero-order valence-electron chi connectivity index (χ0n) is 9.81. The number of rotatable bonds is 5. The Labute approximate surface area is 109 Å². The summed E-state index contributed by atoms with van der Waals surface area (Å²) in [5.74, 6) is 0.615. The minimum atomic E-state index is -0.400. The average molecular weight is 271 g/mol. The van der Waals surface area contributed by atoms with Gasteiger partial charge in [-0.1, -0.05) is 18.5 Å². The van der Waals surface area contributed by atoms with Gasteiger partial charge in [-0.25, -0.2) is 9.07 Å². The van der Waals surface area contributed by atoms with Crippen LogP contribution in [0.25, 0.3) is 0 Å². The highest BCUT2D eigenvalue weighted by Crippen LogP contribution is 2.25. The molecule has 0 radical (unpaired) electrons. The fraction of sp³-hybridized carbons (Fsp3) is 0.364. The van der Waals surface area contributed by atoms with E-state index in [1.807, 2.05) is 6.92 Å². The van der Waals surface area contributed by atoms with Crippen LogP contribution in [-0.4, -0.2) is 20.2 Å². The van der Waals surface area contributed by atoms with Gasteiger partial charge in [0.25, 0.3) is 0 Å². The molecule has 1 aromatic heterocycles. The number of ether oxygens (including phenoxy) is 1. The van der Waals surface area contributed by atoms with Gasteiger partial charge in [0.2, 0.25) is 0 Å². The standard InChI is InChI=1S/C11H12ClFN4O/c1-2-5-17-11(14-15-16-17)7-18-10-4-3-8(13)6-9(10)12/h3-4,6H,2,5,7H2,1H3. The summed E-state index contributed by atoms with van der Waals surface area (Å²) in [6, 6.07) is 3.97. The van der Waals surface area contributed by atoms with E-state index in [1.54, 1.807) is 4.68 Å². The second-order valence-electron chi connectivity index (χ2n) is 3.68. The van der Waals surface area contributed by atoms with E-state index in [1.165, 1.54) is 18.2 Å². The van der Waals surface area contributed by atoms with Crippen LogP contribution in [0.3, 0.4) is 0 Å². The summed E-state index contributed by atoms with van der Waals surface area (Å²) < 4.78 is 20.0. The van der Waals surface area contributed by atoms with Crippen molar-refractivity contribution in [3.63, 3.8) is 0 Å². The quantitative estimate of drug-likeness (QED) is 0.837. The van der Waals surface area contributed by atoms with E-state index in [0.717, 1.165) is 13.0 Å². The maximum atomic E-state index is 12.8. The molecule has 2 aromatic rings. The van der Waals surface area contributed by atoms with Gasteiger partial charge in [-0.05, 0) is 35.0 Å². The van der Waals surface area contributed by atoms with Crippen molar-refractivity contribution in [2.45, 2.75) is 26.5 Å². The second kappa shape index (κ2) is 5.77. The molecule has 0 atom stereocenters. The molecule has 5 nitrogen and oxygen atoms in total. The SMILES string of the molecule is CCCn1nnnc1COc1ccc(F)cc1Cl. The Bertz CT molecular complexity index is 532. The molecule has 0 saturated carbocycles. The molecule has 7 heteroatoms. The largest absolute Gasteiger partial charge is 0.484 e. The van der Waals surface area contributed by atoms with Crippen LogP contribution in [0.15, 0.2) is 18.2 Å². The van der Waals surface area contributed by atoms with E-state index in [0.29, 0.717) is 11.6 Å². The number of aryl methyl sites for hydroxylation is 1. The molecule has 0 N–H and O–H groups in total. The van der Waals surface area contributed by atoms with Gasteiger partial charge in [0, 0.05) is 6.54 Å². The van der Waals surface area contributed by atoms with E-state index in [4.69, 9.17) is 16.3 Å². The summed E-state index contributed by atoms with van der Waals surface area (Å²) in [5, 5.41) is 11.5. The number of halogens is 2. The lowest BCUT2D eigenvalue weighted by Crippen LogP contribution is -2.08. The number of hydrogen-bond donors (Lipinski definition) is 0. The first-order chi connectivity index (χ1) is 8.70. The lowest BCUT2D eigenvalue weighted by molar-refractivity contribution is 0.286. The summed E-state index contributed by atoms with van der Waals surface area (Å²) in [5.41, 5.74) is 0. The van der Waals surface area contributed by atoms with Gasteiger partial charge in [0.15, 0.2) is 5.82 Å². The molecule has 0 saturated heterocycles. The highest BCUT2D eigenvalue weighted by atomic mass is 35.5. The summed E-state index contributed by atoms with van der Waals surface area (Å²) in [4.78, 5) is 0. The van der Waals surface area contributed by atoms with E-state index < -0.39 is 5.82 Å². The minimum absolute atomic E-state index is 0.193. The van der Waals surface area contributed by atoms with E-state index in [-0.39, 0.29) is 11.6 Å². The van der Waals surface area contributed by atoms with Gasteiger partial charge in [-0.2, -0.15) is 0 Å². The third-order valence-electron chi connectivity index (χ3n) is 2.29. The van der Waals surface area contributed by atoms with Crippen molar-refractivity contribution in [1.82, 2.24) is 20.2 Å². The highest BCUT2D eigenvalue weighted by molar-refractivity contribution is 6.32. The topological polar surface area (TPSA) is 52.8 Å². The van der Waals surface area contributed by atoms with Crippen molar-refractivity contribution < 1.29 is 9.13 Å². The molecule has 0 aliphatic carbocycles. The van der Waals surface area contributed by atoms with Crippen LogP contribution in [0.2, 0.25) is 5.02 Å². The zero-order chi connectivity index (χ0) is 13.0. The lowest BCUT2D eigenvalue weighted by Gasteiger charge is -2.07. The molecular formula is C11H12ClFN4O. The van der Waals surface area contributed by atoms with Crippen LogP contribution in [0.5, 0.6) is 5.75 Å². The van der Waals surface area contributed by atoms with Crippen LogP contribution in [0.4, 0.5) is 4.39 Å². The van der Waals surface area contributed by atoms with Crippen molar-refractivity contribution in [2.75, 3.05) is 0 Å². The van der Waals surface area contributed by atoms with Gasteiger partial charge in [-0.15, -0.1) is 5.10 Å². The lowest BCUT2D eigenvalue weighted by atomic mass is 10.3. The molecule has 1 heterocycles. The molecule has 96 valence electrons. The molecule has 0 aliphatic rings. The molecule has 0 spiro atoms. The van der Waals surface area contributed by atoms with Crippen LogP contribution in [-0.2, 0) is 13.2 Å². The molecule has 0 amide bonds. The van der Waals surface area contributed by atoms with Crippen molar-refractivity contribution in [3.05, 3.63) is 34.9 Å². The fourth-order valence-corrected chi connectivity index (χ4v) is 1.67. The van der Waals surface area contributed by atoms with Gasteiger partial charge in [0.05, 0.1) is 5.02 Å². The first kappa shape index (κ1) is 12.8. The van der Waals surface area contributed by atoms with Gasteiger partial charge >= 0.3 is 0 Å². The van der Waals surface area contributed by atoms with Crippen LogP contribution >= 0.6 is 11.6 Å². The normalized spacial score (nSPS) is 10.6. The van der Waals surface area contributed by atoms with Crippen LogP contribution < -0.4 is 4.74 Å². The summed E-state index contributed by atoms with van der Waals surface area (Å²) in [6.07, 6.45) is 0.926. The Balaban J connectivity index is 2.04. The number of aromatic nitrogens is 4. The molecular weight excluding hydrogens is 259 g/mol. The molecule has 0 aliphatic heterocycles. The Kier molecular flexibility index (Phi) is 4.09. The molecule has 0 fully saturated rings. The monoisotopic (exact) mass is 270 g/mol. The van der Waals surface area contributed by atoms with Gasteiger partial charge in [0.1, 0.15) is 18.2 Å². The van der Waals surface area contributed by atoms with Crippen molar-refractivity contribution >= 4 is 11.6 Å². The highest BCUT2D eigenvalue weighted by Gasteiger charge is 2.08. The first-order valence-corrected chi connectivity index (χ1v) is 5.91. The van der Waals surface area contributed by atoms with Crippen molar-refractivity contribution in [2.24, 2.45) is 0 Å². The first-order valence-electron chi connectivity index (χ1n) is 5.53. The molecule has 2 rings (SSSR count). The average Bonchev–Trinajstić information content (AvgIpc) is 2.76. The number of hydrogen-bond acceptors (Lipinski definition) is 4. The summed E-state index contributed by atoms with van der Waals surface area (Å²) in [7, 11) is 0.